The van der Waals surface area contributed by atoms with Crippen molar-refractivity contribution < 1.29 is 14.3 Å². The third kappa shape index (κ3) is 6.44. The van der Waals surface area contributed by atoms with Crippen LogP contribution in [0.25, 0.3) is 0 Å². The van der Waals surface area contributed by atoms with Crippen LogP contribution in [0.5, 0.6) is 5.75 Å². The van der Waals surface area contributed by atoms with Gasteiger partial charge in [-0.1, -0.05) is 52.0 Å². The minimum atomic E-state index is -0.311. The van der Waals surface area contributed by atoms with Gasteiger partial charge in [0, 0.05) is 6.54 Å². The SMILES string of the molecule is CC(C)CNC(=O)c1ccccc1NC(=O)COc1cccc(C(C)C)c1. The van der Waals surface area contributed by atoms with Crippen molar-refractivity contribution in [1.82, 2.24) is 5.32 Å². The number of ether oxygens (including phenoxy) is 1. The van der Waals surface area contributed by atoms with Crippen molar-refractivity contribution in [1.29, 1.82) is 0 Å². The molecule has 0 aliphatic carbocycles. The first-order chi connectivity index (χ1) is 12.9. The van der Waals surface area contributed by atoms with Crippen LogP contribution in [0.2, 0.25) is 0 Å². The van der Waals surface area contributed by atoms with E-state index in [0.29, 0.717) is 35.4 Å². The Labute approximate surface area is 161 Å². The third-order valence-corrected chi connectivity index (χ3v) is 4.01. The van der Waals surface area contributed by atoms with Crippen molar-refractivity contribution in [3.05, 3.63) is 59.7 Å². The molecule has 0 heterocycles. The second-order valence-electron chi connectivity index (χ2n) is 7.21. The van der Waals surface area contributed by atoms with Crippen molar-refractivity contribution in [3.8, 4) is 5.75 Å². The Balaban J connectivity index is 1.98. The molecule has 2 aromatic rings. The molecule has 0 atom stereocenters. The summed E-state index contributed by atoms with van der Waals surface area (Å²) in [6, 6.07) is 14.7. The summed E-state index contributed by atoms with van der Waals surface area (Å²) < 4.78 is 5.60. The molecule has 2 rings (SSSR count). The fourth-order valence-electron chi connectivity index (χ4n) is 2.48. The van der Waals surface area contributed by atoms with Crippen LogP contribution in [0.3, 0.4) is 0 Å². The highest BCUT2D eigenvalue weighted by atomic mass is 16.5. The maximum atomic E-state index is 12.3. The van der Waals surface area contributed by atoms with Gasteiger partial charge in [0.05, 0.1) is 11.3 Å². The van der Waals surface area contributed by atoms with Gasteiger partial charge >= 0.3 is 0 Å². The summed E-state index contributed by atoms with van der Waals surface area (Å²) in [6.45, 7) is 8.72. The quantitative estimate of drug-likeness (QED) is 0.733. The molecule has 27 heavy (non-hydrogen) atoms. The molecule has 0 unspecified atom stereocenters. The zero-order valence-corrected chi connectivity index (χ0v) is 16.4. The molecule has 0 aliphatic heterocycles. The largest absolute Gasteiger partial charge is 0.484 e. The first-order valence-corrected chi connectivity index (χ1v) is 9.26. The number of benzene rings is 2. The van der Waals surface area contributed by atoms with Crippen LogP contribution < -0.4 is 15.4 Å². The lowest BCUT2D eigenvalue weighted by molar-refractivity contribution is -0.118. The van der Waals surface area contributed by atoms with Crippen LogP contribution in [-0.4, -0.2) is 25.0 Å². The van der Waals surface area contributed by atoms with E-state index in [-0.39, 0.29) is 18.4 Å². The van der Waals surface area contributed by atoms with Crippen molar-refractivity contribution in [3.63, 3.8) is 0 Å². The topological polar surface area (TPSA) is 67.4 Å². The molecule has 2 aromatic carbocycles. The Bertz CT molecular complexity index is 785. The van der Waals surface area contributed by atoms with E-state index in [1.165, 1.54) is 0 Å². The van der Waals surface area contributed by atoms with Gasteiger partial charge in [0.2, 0.25) is 0 Å². The molecular formula is C22H28N2O3. The van der Waals surface area contributed by atoms with Crippen LogP contribution >= 0.6 is 0 Å². The summed E-state index contributed by atoms with van der Waals surface area (Å²) in [5.41, 5.74) is 2.07. The number of rotatable bonds is 8. The first-order valence-electron chi connectivity index (χ1n) is 9.26. The molecule has 0 aromatic heterocycles. The third-order valence-electron chi connectivity index (χ3n) is 4.01. The van der Waals surface area contributed by atoms with E-state index in [0.717, 1.165) is 5.56 Å². The lowest BCUT2D eigenvalue weighted by Crippen LogP contribution is -2.29. The molecule has 2 N–H and O–H groups in total. The maximum Gasteiger partial charge on any atom is 0.262 e. The Morgan fingerprint density at radius 3 is 2.44 bits per heavy atom. The minimum Gasteiger partial charge on any atom is -0.484 e. The Morgan fingerprint density at radius 2 is 1.74 bits per heavy atom. The van der Waals surface area contributed by atoms with Crippen molar-refractivity contribution in [2.75, 3.05) is 18.5 Å². The highest BCUT2D eigenvalue weighted by molar-refractivity contribution is 6.04. The lowest BCUT2D eigenvalue weighted by Gasteiger charge is -2.13. The van der Waals surface area contributed by atoms with Gasteiger partial charge in [0.15, 0.2) is 6.61 Å². The molecule has 0 saturated carbocycles. The van der Waals surface area contributed by atoms with E-state index in [1.54, 1.807) is 24.3 Å². The zero-order chi connectivity index (χ0) is 19.8. The number of carbonyl (C=O) groups excluding carboxylic acids is 2. The van der Waals surface area contributed by atoms with E-state index < -0.39 is 0 Å². The van der Waals surface area contributed by atoms with Crippen LogP contribution in [0.15, 0.2) is 48.5 Å². The predicted octanol–water partition coefficient (Wildman–Crippen LogP) is 4.21. The van der Waals surface area contributed by atoms with E-state index >= 15 is 0 Å². The smallest absolute Gasteiger partial charge is 0.262 e. The van der Waals surface area contributed by atoms with Gasteiger partial charge in [0.1, 0.15) is 5.75 Å². The number of carbonyl (C=O) groups is 2. The van der Waals surface area contributed by atoms with Crippen LogP contribution in [0.1, 0.15) is 49.5 Å². The molecule has 0 aliphatic rings. The summed E-state index contributed by atoms with van der Waals surface area (Å²) in [5, 5.41) is 5.63. The predicted molar refractivity (Wildman–Crippen MR) is 108 cm³/mol. The average molecular weight is 368 g/mol. The first kappa shape index (κ1) is 20.5. The number of para-hydroxylation sites is 1. The highest BCUT2D eigenvalue weighted by Gasteiger charge is 2.13. The number of amides is 2. The van der Waals surface area contributed by atoms with Gasteiger partial charge in [-0.25, -0.2) is 0 Å². The molecule has 0 spiro atoms. The molecule has 0 saturated heterocycles. The summed E-state index contributed by atoms with van der Waals surface area (Å²) in [4.78, 5) is 24.6. The van der Waals surface area contributed by atoms with Crippen molar-refractivity contribution in [2.45, 2.75) is 33.6 Å². The Kier molecular flexibility index (Phi) is 7.41. The fraction of sp³-hybridized carbons (Fsp3) is 0.364. The lowest BCUT2D eigenvalue weighted by atomic mass is 10.0. The van der Waals surface area contributed by atoms with Crippen LogP contribution in [0.4, 0.5) is 5.69 Å². The maximum absolute atomic E-state index is 12.3. The summed E-state index contributed by atoms with van der Waals surface area (Å²) in [5.74, 6) is 0.878. The number of anilines is 1. The summed E-state index contributed by atoms with van der Waals surface area (Å²) in [7, 11) is 0. The number of nitrogens with one attached hydrogen (secondary N) is 2. The van der Waals surface area contributed by atoms with Gasteiger partial charge in [-0.05, 0) is 41.7 Å². The van der Waals surface area contributed by atoms with Gasteiger partial charge in [-0.2, -0.15) is 0 Å². The molecule has 5 nitrogen and oxygen atoms in total. The van der Waals surface area contributed by atoms with Gasteiger partial charge in [-0.15, -0.1) is 0 Å². The number of hydrogen-bond donors (Lipinski definition) is 2. The van der Waals surface area contributed by atoms with Crippen LogP contribution in [-0.2, 0) is 4.79 Å². The molecule has 0 fully saturated rings. The molecule has 144 valence electrons. The van der Waals surface area contributed by atoms with Gasteiger partial charge in [-0.3, -0.25) is 9.59 Å². The van der Waals surface area contributed by atoms with Crippen molar-refractivity contribution in [2.24, 2.45) is 5.92 Å². The number of hydrogen-bond acceptors (Lipinski definition) is 3. The molecule has 2 amide bonds. The second-order valence-corrected chi connectivity index (χ2v) is 7.21. The molecule has 0 radical (unpaired) electrons. The van der Waals surface area contributed by atoms with E-state index in [2.05, 4.69) is 24.5 Å². The zero-order valence-electron chi connectivity index (χ0n) is 16.4. The van der Waals surface area contributed by atoms with Crippen LogP contribution in [0, 0.1) is 5.92 Å². The molecule has 5 heteroatoms. The van der Waals surface area contributed by atoms with Crippen molar-refractivity contribution >= 4 is 17.5 Å². The Hall–Kier alpha value is -2.82. The van der Waals surface area contributed by atoms with Gasteiger partial charge < -0.3 is 15.4 Å². The molecule has 0 bridgehead atoms. The monoisotopic (exact) mass is 368 g/mol. The summed E-state index contributed by atoms with van der Waals surface area (Å²) in [6.07, 6.45) is 0. The van der Waals surface area contributed by atoms with E-state index in [9.17, 15) is 9.59 Å². The second kappa shape index (κ2) is 9.76. The molecular weight excluding hydrogens is 340 g/mol. The summed E-state index contributed by atoms with van der Waals surface area (Å²) >= 11 is 0. The fourth-order valence-corrected chi connectivity index (χ4v) is 2.48. The average Bonchev–Trinajstić information content (AvgIpc) is 2.65. The van der Waals surface area contributed by atoms with Gasteiger partial charge in [0.25, 0.3) is 11.8 Å². The minimum absolute atomic E-state index is 0.122. The Morgan fingerprint density at radius 1 is 1.00 bits per heavy atom. The highest BCUT2D eigenvalue weighted by Crippen LogP contribution is 2.20. The standard InChI is InChI=1S/C22H28N2O3/c1-15(2)13-23-22(26)19-10-5-6-11-20(19)24-21(25)14-27-18-9-7-8-17(12-18)16(3)4/h5-12,15-16H,13-14H2,1-4H3,(H,23,26)(H,24,25). The van der Waals surface area contributed by atoms with E-state index in [1.807, 2.05) is 38.1 Å². The van der Waals surface area contributed by atoms with E-state index in [4.69, 9.17) is 4.74 Å². The normalized spacial score (nSPS) is 10.7.